The van der Waals surface area contributed by atoms with Crippen LogP contribution in [0.15, 0.2) is 60.7 Å². The van der Waals surface area contributed by atoms with Crippen molar-refractivity contribution in [3.05, 3.63) is 92.6 Å². The molecule has 146 valence electrons. The van der Waals surface area contributed by atoms with Gasteiger partial charge in [0.05, 0.1) is 22.3 Å². The van der Waals surface area contributed by atoms with Crippen molar-refractivity contribution < 1.29 is 18.3 Å². The molecule has 6 heteroatoms. The highest BCUT2D eigenvalue weighted by atomic mass is 127. The minimum atomic E-state index is -0.402. The second kappa shape index (κ2) is 9.52. The zero-order valence-electron chi connectivity index (χ0n) is 15.5. The van der Waals surface area contributed by atoms with Gasteiger partial charge in [-0.25, -0.2) is 8.78 Å². The highest BCUT2D eigenvalue weighted by Gasteiger charge is 2.12. The average Bonchev–Trinajstić information content (AvgIpc) is 2.72. The van der Waals surface area contributed by atoms with E-state index in [1.165, 1.54) is 31.4 Å². The smallest absolute Gasteiger partial charge is 0.174 e. The first-order chi connectivity index (χ1) is 14.0. The zero-order valence-corrected chi connectivity index (χ0v) is 17.6. The lowest BCUT2D eigenvalue weighted by Crippen LogP contribution is -2.00. The maximum atomic E-state index is 13.5. The molecule has 3 aromatic rings. The molecule has 0 amide bonds. The minimum absolute atomic E-state index is 0.258. The van der Waals surface area contributed by atoms with E-state index in [2.05, 4.69) is 28.7 Å². The van der Waals surface area contributed by atoms with Gasteiger partial charge < -0.3 is 9.47 Å². The summed E-state index contributed by atoms with van der Waals surface area (Å²) in [6.07, 6.45) is 1.67. The number of hydrogen-bond acceptors (Lipinski definition) is 3. The Kier molecular flexibility index (Phi) is 6.83. The molecular formula is C23H16F2INO2. The van der Waals surface area contributed by atoms with Gasteiger partial charge in [-0.05, 0) is 81.8 Å². The van der Waals surface area contributed by atoms with E-state index in [9.17, 15) is 14.0 Å². The lowest BCUT2D eigenvalue weighted by atomic mass is 10.0. The Morgan fingerprint density at radius 3 is 2.48 bits per heavy atom. The van der Waals surface area contributed by atoms with Crippen LogP contribution in [0.4, 0.5) is 8.78 Å². The summed E-state index contributed by atoms with van der Waals surface area (Å²) in [5, 5.41) is 9.49. The molecule has 3 rings (SSSR count). The van der Waals surface area contributed by atoms with Gasteiger partial charge in [0.2, 0.25) is 0 Å². The Hall–Kier alpha value is -2.92. The average molecular weight is 503 g/mol. The van der Waals surface area contributed by atoms with Crippen LogP contribution < -0.4 is 9.47 Å². The van der Waals surface area contributed by atoms with E-state index < -0.39 is 5.82 Å². The maximum Gasteiger partial charge on any atom is 0.174 e. The van der Waals surface area contributed by atoms with Crippen LogP contribution in [0.5, 0.6) is 11.5 Å². The van der Waals surface area contributed by atoms with Gasteiger partial charge in [-0.3, -0.25) is 0 Å². The van der Waals surface area contributed by atoms with Gasteiger partial charge in [0.25, 0.3) is 0 Å². The Morgan fingerprint density at radius 2 is 1.83 bits per heavy atom. The molecule has 0 saturated carbocycles. The first-order valence-corrected chi connectivity index (χ1v) is 9.70. The summed E-state index contributed by atoms with van der Waals surface area (Å²) >= 11 is 2.12. The van der Waals surface area contributed by atoms with Crippen molar-refractivity contribution in [1.82, 2.24) is 0 Å². The standard InChI is InChI=1S/C23H16F2INO2/c1-28-22-11-16(9-18(13-27)17-3-2-4-20(25)12-17)10-21(26)23(22)29-14-15-5-7-19(24)8-6-15/h2-12H,14H2,1H3/b18-9-. The molecule has 0 atom stereocenters. The Balaban J connectivity index is 1.89. The molecular weight excluding hydrogens is 487 g/mol. The largest absolute Gasteiger partial charge is 0.493 e. The van der Waals surface area contributed by atoms with E-state index in [1.807, 2.05) is 6.07 Å². The van der Waals surface area contributed by atoms with Crippen LogP contribution >= 0.6 is 22.6 Å². The van der Waals surface area contributed by atoms with Crippen LogP contribution in [0.3, 0.4) is 0 Å². The summed E-state index contributed by atoms with van der Waals surface area (Å²) in [6, 6.07) is 17.7. The quantitative estimate of drug-likeness (QED) is 0.228. The van der Waals surface area contributed by atoms with E-state index in [0.717, 1.165) is 14.7 Å². The van der Waals surface area contributed by atoms with Gasteiger partial charge in [-0.1, -0.05) is 24.3 Å². The molecule has 0 unspecified atom stereocenters. The molecule has 0 fully saturated rings. The summed E-state index contributed by atoms with van der Waals surface area (Å²) in [5.41, 5.74) is 2.38. The van der Waals surface area contributed by atoms with E-state index in [0.29, 0.717) is 22.6 Å². The predicted octanol–water partition coefficient (Wildman–Crippen LogP) is 6.22. The number of ether oxygens (including phenoxy) is 2. The van der Waals surface area contributed by atoms with Crippen molar-refractivity contribution in [2.75, 3.05) is 7.11 Å². The van der Waals surface area contributed by atoms with Gasteiger partial charge in [-0.15, -0.1) is 0 Å². The van der Waals surface area contributed by atoms with Crippen LogP contribution in [-0.4, -0.2) is 7.11 Å². The first kappa shape index (κ1) is 20.8. The zero-order chi connectivity index (χ0) is 20.8. The van der Waals surface area contributed by atoms with E-state index >= 15 is 0 Å². The van der Waals surface area contributed by atoms with Gasteiger partial charge >= 0.3 is 0 Å². The summed E-state index contributed by atoms with van der Waals surface area (Å²) < 4.78 is 38.7. The monoisotopic (exact) mass is 503 g/mol. The maximum absolute atomic E-state index is 13.5. The topological polar surface area (TPSA) is 42.2 Å². The van der Waals surface area contributed by atoms with Crippen molar-refractivity contribution >= 4 is 34.2 Å². The number of nitriles is 1. The molecule has 0 N–H and O–H groups in total. The molecule has 0 radical (unpaired) electrons. The molecule has 0 spiro atoms. The number of allylic oxidation sites excluding steroid dienone is 1. The first-order valence-electron chi connectivity index (χ1n) is 8.62. The van der Waals surface area contributed by atoms with Crippen LogP contribution in [-0.2, 0) is 6.61 Å². The highest BCUT2D eigenvalue weighted by molar-refractivity contribution is 14.1. The molecule has 3 nitrogen and oxygen atoms in total. The molecule has 0 heterocycles. The highest BCUT2D eigenvalue weighted by Crippen LogP contribution is 2.35. The fraction of sp³-hybridized carbons (Fsp3) is 0.0870. The van der Waals surface area contributed by atoms with Crippen LogP contribution in [0, 0.1) is 26.5 Å². The van der Waals surface area contributed by atoms with E-state index in [4.69, 9.17) is 9.47 Å². The normalized spacial score (nSPS) is 11.1. The third-order valence-electron chi connectivity index (χ3n) is 4.12. The van der Waals surface area contributed by atoms with E-state index in [-0.39, 0.29) is 12.4 Å². The summed E-state index contributed by atoms with van der Waals surface area (Å²) in [7, 11) is 1.53. The molecule has 0 saturated heterocycles. The fourth-order valence-electron chi connectivity index (χ4n) is 2.70. The van der Waals surface area contributed by atoms with E-state index in [1.54, 1.807) is 36.4 Å². The Bertz CT molecular complexity index is 1090. The second-order valence-electron chi connectivity index (χ2n) is 6.13. The summed E-state index contributed by atoms with van der Waals surface area (Å²) in [5.74, 6) is 0.352. The third-order valence-corrected chi connectivity index (χ3v) is 4.92. The molecule has 0 aliphatic heterocycles. The lowest BCUT2D eigenvalue weighted by molar-refractivity contribution is 0.282. The van der Waals surface area contributed by atoms with Gasteiger partial charge in [-0.2, -0.15) is 5.26 Å². The molecule has 0 aromatic heterocycles. The van der Waals surface area contributed by atoms with Crippen molar-refractivity contribution in [1.29, 1.82) is 5.26 Å². The Labute approximate surface area is 181 Å². The van der Waals surface area contributed by atoms with Crippen molar-refractivity contribution in [2.45, 2.75) is 6.61 Å². The molecule has 0 bridgehead atoms. The predicted molar refractivity (Wildman–Crippen MR) is 116 cm³/mol. The number of methoxy groups -OCH3 is 1. The van der Waals surface area contributed by atoms with Crippen LogP contribution in [0.25, 0.3) is 11.6 Å². The number of rotatable bonds is 6. The lowest BCUT2D eigenvalue weighted by Gasteiger charge is -2.14. The van der Waals surface area contributed by atoms with Crippen LogP contribution in [0.2, 0.25) is 0 Å². The van der Waals surface area contributed by atoms with Gasteiger partial charge in [0.15, 0.2) is 11.5 Å². The van der Waals surface area contributed by atoms with Crippen LogP contribution in [0.1, 0.15) is 16.7 Å². The van der Waals surface area contributed by atoms with Crippen molar-refractivity contribution in [2.24, 2.45) is 0 Å². The Morgan fingerprint density at radius 1 is 1.07 bits per heavy atom. The third kappa shape index (κ3) is 5.33. The molecule has 0 aliphatic rings. The number of nitrogens with zero attached hydrogens (tertiary/aromatic N) is 1. The van der Waals surface area contributed by atoms with Crippen molar-refractivity contribution in [3.63, 3.8) is 0 Å². The minimum Gasteiger partial charge on any atom is -0.493 e. The molecule has 29 heavy (non-hydrogen) atoms. The fourth-order valence-corrected chi connectivity index (χ4v) is 3.48. The number of halogens is 3. The second-order valence-corrected chi connectivity index (χ2v) is 7.29. The molecule has 0 aliphatic carbocycles. The number of hydrogen-bond donors (Lipinski definition) is 0. The summed E-state index contributed by atoms with van der Waals surface area (Å²) in [4.78, 5) is 0. The van der Waals surface area contributed by atoms with Gasteiger partial charge in [0.1, 0.15) is 18.2 Å². The molecule has 3 aromatic carbocycles. The SMILES string of the molecule is COc1cc(/C=C(/C#N)c2cccc(F)c2)cc(I)c1OCc1ccc(F)cc1. The van der Waals surface area contributed by atoms with Gasteiger partial charge in [0, 0.05) is 0 Å². The van der Waals surface area contributed by atoms with Crippen molar-refractivity contribution in [3.8, 4) is 17.6 Å². The number of benzene rings is 3. The summed E-state index contributed by atoms with van der Waals surface area (Å²) in [6.45, 7) is 0.258.